The lowest BCUT2D eigenvalue weighted by molar-refractivity contribution is 0.0919. The Morgan fingerprint density at radius 3 is 2.92 bits per heavy atom. The Bertz CT molecular complexity index is 686. The van der Waals surface area contributed by atoms with Crippen molar-refractivity contribution in [3.8, 4) is 0 Å². The third kappa shape index (κ3) is 4.56. The van der Waals surface area contributed by atoms with Gasteiger partial charge in [-0.3, -0.25) is 9.69 Å². The monoisotopic (exact) mass is 371 g/mol. The van der Waals surface area contributed by atoms with E-state index in [4.69, 9.17) is 0 Å². The number of fused-ring (bicyclic) bond motifs is 1. The minimum atomic E-state index is -3.16. The molecule has 1 aromatic rings. The topological polar surface area (TPSA) is 78.5 Å². The third-order valence-electron chi connectivity index (χ3n) is 4.79. The van der Waals surface area contributed by atoms with Crippen LogP contribution < -0.4 is 10.0 Å². The zero-order valence-electron chi connectivity index (χ0n) is 14.0. The molecule has 24 heavy (non-hydrogen) atoms. The highest BCUT2D eigenvalue weighted by Gasteiger charge is 2.36. The van der Waals surface area contributed by atoms with Crippen LogP contribution in [0.15, 0.2) is 12.1 Å². The van der Waals surface area contributed by atoms with Crippen LogP contribution in [0.2, 0.25) is 0 Å². The van der Waals surface area contributed by atoms with Crippen molar-refractivity contribution in [2.45, 2.75) is 44.2 Å². The second kappa shape index (κ2) is 7.51. The molecule has 1 amide bonds. The van der Waals surface area contributed by atoms with Crippen LogP contribution in [-0.2, 0) is 16.4 Å². The van der Waals surface area contributed by atoms with E-state index in [2.05, 4.69) is 14.9 Å². The van der Waals surface area contributed by atoms with Crippen molar-refractivity contribution >= 4 is 27.3 Å². The van der Waals surface area contributed by atoms with Crippen molar-refractivity contribution in [3.63, 3.8) is 0 Å². The maximum absolute atomic E-state index is 12.5. The minimum Gasteiger partial charge on any atom is -0.347 e. The van der Waals surface area contributed by atoms with Gasteiger partial charge in [0.15, 0.2) is 0 Å². The van der Waals surface area contributed by atoms with Gasteiger partial charge in [0, 0.05) is 30.1 Å². The number of hydrogen-bond acceptors (Lipinski definition) is 5. The maximum atomic E-state index is 12.5. The van der Waals surface area contributed by atoms with Crippen molar-refractivity contribution in [3.05, 3.63) is 21.9 Å². The van der Waals surface area contributed by atoms with Gasteiger partial charge in [-0.15, -0.1) is 11.3 Å². The smallest absolute Gasteiger partial charge is 0.261 e. The molecule has 1 aromatic heterocycles. The first-order valence-electron chi connectivity index (χ1n) is 8.51. The lowest BCUT2D eigenvalue weighted by Gasteiger charge is -2.32. The van der Waals surface area contributed by atoms with E-state index in [-0.39, 0.29) is 11.9 Å². The van der Waals surface area contributed by atoms with Crippen molar-refractivity contribution in [2.75, 3.05) is 25.9 Å². The first-order valence-corrected chi connectivity index (χ1v) is 11.2. The lowest BCUT2D eigenvalue weighted by Crippen LogP contribution is -2.46. The molecule has 2 saturated heterocycles. The van der Waals surface area contributed by atoms with Gasteiger partial charge in [0.25, 0.3) is 5.91 Å². The van der Waals surface area contributed by atoms with Gasteiger partial charge in [0.1, 0.15) is 0 Å². The Hall–Kier alpha value is -0.960. The van der Waals surface area contributed by atoms with Gasteiger partial charge in [0.05, 0.1) is 11.1 Å². The highest BCUT2D eigenvalue weighted by molar-refractivity contribution is 7.88. The third-order valence-corrected chi connectivity index (χ3v) is 6.67. The van der Waals surface area contributed by atoms with Gasteiger partial charge in [-0.2, -0.15) is 0 Å². The van der Waals surface area contributed by atoms with E-state index in [0.29, 0.717) is 23.9 Å². The van der Waals surface area contributed by atoms with Gasteiger partial charge >= 0.3 is 0 Å². The van der Waals surface area contributed by atoms with Crippen molar-refractivity contribution in [1.29, 1.82) is 0 Å². The van der Waals surface area contributed by atoms with Crippen LogP contribution in [0.3, 0.4) is 0 Å². The summed E-state index contributed by atoms with van der Waals surface area (Å²) in [5.41, 5.74) is 0. The SMILES string of the molecule is CS(=O)(=O)NCCc1ccc(C(=O)NC2CCN3CCCCC23)s1. The summed E-state index contributed by atoms with van der Waals surface area (Å²) in [5, 5.41) is 3.21. The molecule has 0 bridgehead atoms. The largest absolute Gasteiger partial charge is 0.347 e. The van der Waals surface area contributed by atoms with E-state index < -0.39 is 10.0 Å². The fraction of sp³-hybridized carbons (Fsp3) is 0.688. The molecule has 0 radical (unpaired) electrons. The van der Waals surface area contributed by atoms with Crippen molar-refractivity contribution in [2.24, 2.45) is 0 Å². The van der Waals surface area contributed by atoms with E-state index in [1.807, 2.05) is 12.1 Å². The zero-order chi connectivity index (χ0) is 17.2. The molecule has 2 N–H and O–H groups in total. The molecule has 3 rings (SSSR count). The number of rotatable bonds is 6. The molecule has 2 aliphatic heterocycles. The number of amides is 1. The number of sulfonamides is 1. The van der Waals surface area contributed by atoms with Gasteiger partial charge < -0.3 is 5.32 Å². The van der Waals surface area contributed by atoms with Gasteiger partial charge in [0.2, 0.25) is 10.0 Å². The first-order chi connectivity index (χ1) is 11.4. The number of carbonyl (C=O) groups excluding carboxylic acids is 1. The Kier molecular flexibility index (Phi) is 5.59. The lowest BCUT2D eigenvalue weighted by atomic mass is 9.99. The average molecular weight is 372 g/mol. The molecule has 0 saturated carbocycles. The number of nitrogens with one attached hydrogen (secondary N) is 2. The van der Waals surface area contributed by atoms with E-state index in [1.165, 1.54) is 30.6 Å². The van der Waals surface area contributed by atoms with Crippen LogP contribution in [0.1, 0.15) is 40.2 Å². The van der Waals surface area contributed by atoms with Crippen LogP contribution in [0.5, 0.6) is 0 Å². The van der Waals surface area contributed by atoms with Crippen LogP contribution in [0, 0.1) is 0 Å². The van der Waals surface area contributed by atoms with E-state index in [1.54, 1.807) is 0 Å². The van der Waals surface area contributed by atoms with Crippen molar-refractivity contribution in [1.82, 2.24) is 14.9 Å². The van der Waals surface area contributed by atoms with Crippen LogP contribution in [0.4, 0.5) is 0 Å². The summed E-state index contributed by atoms with van der Waals surface area (Å²) in [7, 11) is -3.16. The van der Waals surface area contributed by atoms with Gasteiger partial charge in [-0.1, -0.05) is 6.42 Å². The van der Waals surface area contributed by atoms with E-state index >= 15 is 0 Å². The molecule has 134 valence electrons. The van der Waals surface area contributed by atoms with E-state index in [9.17, 15) is 13.2 Å². The number of nitrogens with zero attached hydrogens (tertiary/aromatic N) is 1. The quantitative estimate of drug-likeness (QED) is 0.788. The number of thiophene rings is 1. The molecule has 6 nitrogen and oxygen atoms in total. The average Bonchev–Trinajstić information content (AvgIpc) is 3.14. The Morgan fingerprint density at radius 2 is 2.12 bits per heavy atom. The van der Waals surface area contributed by atoms with Crippen LogP contribution in [-0.4, -0.2) is 57.2 Å². The Balaban J connectivity index is 1.52. The molecule has 8 heteroatoms. The normalized spacial score (nSPS) is 24.7. The molecule has 3 heterocycles. The summed E-state index contributed by atoms with van der Waals surface area (Å²) in [6, 6.07) is 4.51. The molecular formula is C16H25N3O3S2. The van der Waals surface area contributed by atoms with Crippen molar-refractivity contribution < 1.29 is 13.2 Å². The van der Waals surface area contributed by atoms with Crippen LogP contribution >= 0.6 is 11.3 Å². The zero-order valence-corrected chi connectivity index (χ0v) is 15.6. The minimum absolute atomic E-state index is 0.000235. The number of hydrogen-bond donors (Lipinski definition) is 2. The molecule has 2 aliphatic rings. The summed E-state index contributed by atoms with van der Waals surface area (Å²) in [5.74, 6) is -0.000235. The maximum Gasteiger partial charge on any atom is 0.261 e. The van der Waals surface area contributed by atoms with Gasteiger partial charge in [-0.25, -0.2) is 13.1 Å². The molecule has 2 unspecified atom stereocenters. The summed E-state index contributed by atoms with van der Waals surface area (Å²) >= 11 is 1.44. The molecule has 2 fully saturated rings. The first kappa shape index (κ1) is 17.8. The Labute approximate surface area is 147 Å². The second-order valence-corrected chi connectivity index (χ2v) is 9.65. The fourth-order valence-electron chi connectivity index (χ4n) is 3.65. The molecule has 0 aliphatic carbocycles. The number of carbonyl (C=O) groups is 1. The second-order valence-electron chi connectivity index (χ2n) is 6.65. The highest BCUT2D eigenvalue weighted by Crippen LogP contribution is 2.27. The standard InChI is InChI=1S/C16H25N3O3S2/c1-24(21,22)17-9-7-12-5-6-15(23-12)16(20)18-13-8-11-19-10-3-2-4-14(13)19/h5-6,13-14,17H,2-4,7-11H2,1H3,(H,18,20). The summed E-state index contributed by atoms with van der Waals surface area (Å²) in [6.45, 7) is 2.61. The van der Waals surface area contributed by atoms with E-state index in [0.717, 1.165) is 30.6 Å². The van der Waals surface area contributed by atoms with Crippen LogP contribution in [0.25, 0.3) is 0 Å². The summed E-state index contributed by atoms with van der Waals surface area (Å²) in [6.07, 6.45) is 6.49. The predicted octanol–water partition coefficient (Wildman–Crippen LogP) is 1.20. The highest BCUT2D eigenvalue weighted by atomic mass is 32.2. The molecular weight excluding hydrogens is 346 g/mol. The number of piperidine rings is 1. The fourth-order valence-corrected chi connectivity index (χ4v) is 5.03. The summed E-state index contributed by atoms with van der Waals surface area (Å²) < 4.78 is 24.6. The molecule has 2 atom stereocenters. The molecule has 0 spiro atoms. The Morgan fingerprint density at radius 1 is 1.29 bits per heavy atom. The molecule has 0 aromatic carbocycles. The predicted molar refractivity (Wildman–Crippen MR) is 96.0 cm³/mol. The summed E-state index contributed by atoms with van der Waals surface area (Å²) in [4.78, 5) is 16.7. The van der Waals surface area contributed by atoms with Gasteiger partial charge in [-0.05, 0) is 44.4 Å².